The Kier molecular flexibility index (Phi) is 1.57. The van der Waals surface area contributed by atoms with Gasteiger partial charge in [0.25, 0.3) is 0 Å². The lowest BCUT2D eigenvalue weighted by atomic mass is 10.1. The van der Waals surface area contributed by atoms with Gasteiger partial charge in [0, 0.05) is 4.47 Å². The van der Waals surface area contributed by atoms with Gasteiger partial charge in [0.1, 0.15) is 0 Å². The van der Waals surface area contributed by atoms with Crippen LogP contribution in [0.2, 0.25) is 0 Å². The van der Waals surface area contributed by atoms with E-state index in [0.29, 0.717) is 6.04 Å². The maximum Gasteiger partial charge on any atom is 0.0897 e. The Labute approximate surface area is 74.3 Å². The summed E-state index contributed by atoms with van der Waals surface area (Å²) in [7, 11) is 0. The van der Waals surface area contributed by atoms with Crippen LogP contribution in [0, 0.1) is 0 Å². The lowest BCUT2D eigenvalue weighted by Gasteiger charge is -1.92. The van der Waals surface area contributed by atoms with Crippen LogP contribution in [0.4, 0.5) is 0 Å². The molecule has 1 aliphatic heterocycles. The third kappa shape index (κ3) is 1.36. The molecule has 0 bridgehead atoms. The van der Waals surface area contributed by atoms with E-state index < -0.39 is 0 Å². The maximum atomic E-state index is 4.26. The molecule has 1 nitrogen and oxygen atoms in total. The SMILES string of the molecule is CC1N=C1c1ccc(Br)cc1. The van der Waals surface area contributed by atoms with Gasteiger partial charge in [-0.2, -0.15) is 0 Å². The Hall–Kier alpha value is -0.630. The summed E-state index contributed by atoms with van der Waals surface area (Å²) >= 11 is 3.39. The van der Waals surface area contributed by atoms with Crippen LogP contribution >= 0.6 is 15.9 Å². The highest BCUT2D eigenvalue weighted by molar-refractivity contribution is 9.10. The number of rotatable bonds is 1. The summed E-state index contributed by atoms with van der Waals surface area (Å²) in [5, 5.41) is 0. The second-order valence-corrected chi connectivity index (χ2v) is 3.61. The predicted molar refractivity (Wildman–Crippen MR) is 50.1 cm³/mol. The van der Waals surface area contributed by atoms with E-state index in [1.165, 1.54) is 11.3 Å². The van der Waals surface area contributed by atoms with E-state index in [2.05, 4.69) is 40.0 Å². The van der Waals surface area contributed by atoms with Crippen molar-refractivity contribution in [3.05, 3.63) is 34.3 Å². The Morgan fingerprint density at radius 1 is 1.27 bits per heavy atom. The zero-order valence-electron chi connectivity index (χ0n) is 6.21. The molecular weight excluding hydrogens is 202 g/mol. The van der Waals surface area contributed by atoms with Gasteiger partial charge >= 0.3 is 0 Å². The average Bonchev–Trinajstić information content (AvgIpc) is 2.69. The van der Waals surface area contributed by atoms with Crippen LogP contribution in [-0.2, 0) is 0 Å². The Bertz CT molecular complexity index is 300. The zero-order valence-corrected chi connectivity index (χ0v) is 7.80. The highest BCUT2D eigenvalue weighted by Crippen LogP contribution is 2.20. The van der Waals surface area contributed by atoms with Crippen LogP contribution in [0.5, 0.6) is 0 Å². The quantitative estimate of drug-likeness (QED) is 0.675. The van der Waals surface area contributed by atoms with Gasteiger partial charge in [0.05, 0.1) is 11.8 Å². The van der Waals surface area contributed by atoms with Gasteiger partial charge in [-0.15, -0.1) is 0 Å². The highest BCUT2D eigenvalue weighted by atomic mass is 79.9. The first-order chi connectivity index (χ1) is 5.27. The summed E-state index contributed by atoms with van der Waals surface area (Å²) in [5.74, 6) is 0. The lowest BCUT2D eigenvalue weighted by Crippen LogP contribution is -1.92. The van der Waals surface area contributed by atoms with Gasteiger partial charge in [-0.3, -0.25) is 4.99 Å². The molecule has 0 amide bonds. The molecule has 1 aliphatic rings. The van der Waals surface area contributed by atoms with E-state index >= 15 is 0 Å². The van der Waals surface area contributed by atoms with Crippen molar-refractivity contribution >= 4 is 21.6 Å². The molecule has 0 fully saturated rings. The summed E-state index contributed by atoms with van der Waals surface area (Å²) in [5.41, 5.74) is 2.48. The number of nitrogens with zero attached hydrogens (tertiary/aromatic N) is 1. The monoisotopic (exact) mass is 209 g/mol. The predicted octanol–water partition coefficient (Wildman–Crippen LogP) is 2.64. The summed E-state index contributed by atoms with van der Waals surface area (Å²) in [6.45, 7) is 2.11. The highest BCUT2D eigenvalue weighted by Gasteiger charge is 2.22. The molecule has 1 aromatic rings. The first-order valence-corrected chi connectivity index (χ1v) is 4.40. The van der Waals surface area contributed by atoms with Crippen molar-refractivity contribution in [3.8, 4) is 0 Å². The number of aliphatic imine (C=N–C) groups is 1. The number of benzene rings is 1. The molecule has 0 saturated heterocycles. The summed E-state index contributed by atoms with van der Waals surface area (Å²) < 4.78 is 1.12. The van der Waals surface area contributed by atoms with Gasteiger partial charge < -0.3 is 0 Å². The van der Waals surface area contributed by atoms with Crippen molar-refractivity contribution < 1.29 is 0 Å². The molecule has 0 aromatic heterocycles. The third-order valence-corrected chi connectivity index (χ3v) is 2.33. The van der Waals surface area contributed by atoms with Gasteiger partial charge in [-0.05, 0) is 24.6 Å². The summed E-state index contributed by atoms with van der Waals surface area (Å²) in [6, 6.07) is 8.72. The fourth-order valence-corrected chi connectivity index (χ4v) is 1.37. The number of hydrogen-bond acceptors (Lipinski definition) is 1. The Morgan fingerprint density at radius 2 is 1.82 bits per heavy atom. The molecule has 11 heavy (non-hydrogen) atoms. The van der Waals surface area contributed by atoms with Crippen molar-refractivity contribution in [2.45, 2.75) is 13.0 Å². The van der Waals surface area contributed by atoms with Crippen LogP contribution < -0.4 is 0 Å². The normalized spacial score (nSPS) is 21.3. The average molecular weight is 210 g/mol. The lowest BCUT2D eigenvalue weighted by molar-refractivity contribution is 1.15. The molecule has 1 aromatic carbocycles. The standard InChI is InChI=1S/C9H8BrN/c1-6-9(11-6)7-2-4-8(10)5-3-7/h2-6H,1H3. The van der Waals surface area contributed by atoms with Crippen molar-refractivity contribution in [2.24, 2.45) is 4.99 Å². The topological polar surface area (TPSA) is 12.4 Å². The van der Waals surface area contributed by atoms with Crippen LogP contribution in [0.25, 0.3) is 0 Å². The molecule has 2 rings (SSSR count). The molecule has 56 valence electrons. The zero-order chi connectivity index (χ0) is 7.84. The van der Waals surface area contributed by atoms with Crippen molar-refractivity contribution in [3.63, 3.8) is 0 Å². The van der Waals surface area contributed by atoms with Gasteiger partial charge in [0.2, 0.25) is 0 Å². The van der Waals surface area contributed by atoms with Crippen molar-refractivity contribution in [1.82, 2.24) is 0 Å². The summed E-state index contributed by atoms with van der Waals surface area (Å²) in [4.78, 5) is 4.26. The van der Waals surface area contributed by atoms with Gasteiger partial charge in [-0.25, -0.2) is 0 Å². The van der Waals surface area contributed by atoms with Crippen LogP contribution in [-0.4, -0.2) is 11.8 Å². The molecule has 2 heteroatoms. The van der Waals surface area contributed by atoms with Crippen LogP contribution in [0.3, 0.4) is 0 Å². The van der Waals surface area contributed by atoms with Crippen molar-refractivity contribution in [2.75, 3.05) is 0 Å². The Morgan fingerprint density at radius 3 is 2.27 bits per heavy atom. The molecule has 1 unspecified atom stereocenters. The number of halogens is 1. The van der Waals surface area contributed by atoms with E-state index in [1.807, 2.05) is 12.1 Å². The maximum absolute atomic E-state index is 4.26. The second-order valence-electron chi connectivity index (χ2n) is 2.70. The smallest absolute Gasteiger partial charge is 0.0897 e. The first kappa shape index (κ1) is 7.04. The van der Waals surface area contributed by atoms with Crippen LogP contribution in [0.1, 0.15) is 12.5 Å². The fraction of sp³-hybridized carbons (Fsp3) is 0.222. The minimum absolute atomic E-state index is 0.455. The molecule has 0 aliphatic carbocycles. The van der Waals surface area contributed by atoms with E-state index in [-0.39, 0.29) is 0 Å². The minimum Gasteiger partial charge on any atom is -0.277 e. The first-order valence-electron chi connectivity index (χ1n) is 3.61. The summed E-state index contributed by atoms with van der Waals surface area (Å²) in [6.07, 6.45) is 0. The van der Waals surface area contributed by atoms with Crippen molar-refractivity contribution in [1.29, 1.82) is 0 Å². The van der Waals surface area contributed by atoms with Crippen LogP contribution in [0.15, 0.2) is 33.7 Å². The molecule has 0 saturated carbocycles. The van der Waals surface area contributed by atoms with E-state index in [1.54, 1.807) is 0 Å². The third-order valence-electron chi connectivity index (χ3n) is 1.80. The molecule has 1 atom stereocenters. The molecule has 0 N–H and O–H groups in total. The van der Waals surface area contributed by atoms with E-state index in [9.17, 15) is 0 Å². The van der Waals surface area contributed by atoms with Gasteiger partial charge in [-0.1, -0.05) is 28.1 Å². The largest absolute Gasteiger partial charge is 0.277 e. The molecular formula is C9H8BrN. The van der Waals surface area contributed by atoms with E-state index in [0.717, 1.165) is 4.47 Å². The van der Waals surface area contributed by atoms with E-state index in [4.69, 9.17) is 0 Å². The second kappa shape index (κ2) is 2.45. The van der Waals surface area contributed by atoms with Gasteiger partial charge in [0.15, 0.2) is 0 Å². The minimum atomic E-state index is 0.455. The molecule has 0 spiro atoms. The number of hydrogen-bond donors (Lipinski definition) is 0. The Balaban J connectivity index is 2.28. The molecule has 1 heterocycles. The molecule has 0 radical (unpaired) electrons. The fourth-order valence-electron chi connectivity index (χ4n) is 1.11.